The van der Waals surface area contributed by atoms with Gasteiger partial charge in [0.1, 0.15) is 22.1 Å². The molecule has 0 atom stereocenters. The average Bonchev–Trinajstić information content (AvgIpc) is 3.31. The van der Waals surface area contributed by atoms with Crippen molar-refractivity contribution in [3.63, 3.8) is 0 Å². The Morgan fingerprint density at radius 3 is 2.18 bits per heavy atom. The van der Waals surface area contributed by atoms with Crippen LogP contribution in [0.3, 0.4) is 0 Å². The molecule has 0 spiro atoms. The van der Waals surface area contributed by atoms with Crippen LogP contribution >= 0.6 is 10.2 Å². The Hall–Kier alpha value is -2.80. The van der Waals surface area contributed by atoms with E-state index in [0.717, 1.165) is 43.6 Å². The van der Waals surface area contributed by atoms with Crippen LogP contribution in [-0.4, -0.2) is 52.1 Å². The van der Waals surface area contributed by atoms with Crippen LogP contribution in [0.25, 0.3) is 11.2 Å². The number of pyridine rings is 1. The molecule has 13 heteroatoms. The van der Waals surface area contributed by atoms with Gasteiger partial charge in [0.15, 0.2) is 5.65 Å². The number of likely N-dealkylation sites (tertiary alicyclic amines) is 1. The van der Waals surface area contributed by atoms with E-state index in [1.165, 1.54) is 11.1 Å². The maximum absolute atomic E-state index is 15.0. The van der Waals surface area contributed by atoms with Gasteiger partial charge in [-0.15, -0.1) is 0 Å². The molecule has 1 aliphatic heterocycles. The average molecular weight is 563 g/mol. The molecule has 2 aliphatic rings. The Kier molecular flexibility index (Phi) is 6.25. The maximum Gasteiger partial charge on any atom is 0.310 e. The molecule has 3 heterocycles. The van der Waals surface area contributed by atoms with Crippen molar-refractivity contribution >= 4 is 27.3 Å². The number of H-pyrrole nitrogens is 1. The van der Waals surface area contributed by atoms with Crippen molar-refractivity contribution in [2.24, 2.45) is 0 Å². The van der Waals surface area contributed by atoms with Crippen LogP contribution in [0.1, 0.15) is 72.1 Å². The lowest BCUT2D eigenvalue weighted by atomic mass is 9.87. The molecule has 1 amide bonds. The number of nitrogens with one attached hydrogen (secondary N) is 1. The SMILES string of the molecule is CO[C@H]1CC[C@@H](c2nc3c(C4CCN(C(=O)c5ccc(S(F)(F)(F)(F)F)cc5)CC4)c(F)cnc3[nH]2)CC1. The van der Waals surface area contributed by atoms with Gasteiger partial charge < -0.3 is 14.6 Å². The van der Waals surface area contributed by atoms with Crippen LogP contribution in [0, 0.1) is 5.82 Å². The minimum absolute atomic E-state index is 0.119. The largest absolute Gasteiger partial charge is 0.381 e. The maximum atomic E-state index is 15.0. The van der Waals surface area contributed by atoms with Gasteiger partial charge in [-0.1, -0.05) is 19.4 Å². The van der Waals surface area contributed by atoms with Crippen LogP contribution in [0.4, 0.5) is 23.8 Å². The van der Waals surface area contributed by atoms with Crippen LogP contribution in [0.5, 0.6) is 0 Å². The number of benzene rings is 1. The number of carbonyl (C=O) groups is 1. The van der Waals surface area contributed by atoms with E-state index in [-0.39, 0.29) is 48.7 Å². The van der Waals surface area contributed by atoms with Crippen molar-refractivity contribution in [1.82, 2.24) is 19.9 Å². The van der Waals surface area contributed by atoms with Crippen molar-refractivity contribution in [2.75, 3.05) is 20.2 Å². The molecular formula is C25H28F6N4O2S. The molecule has 6 nitrogen and oxygen atoms in total. The van der Waals surface area contributed by atoms with Crippen molar-refractivity contribution in [2.45, 2.75) is 61.4 Å². The zero-order chi connectivity index (χ0) is 27.4. The second-order valence-electron chi connectivity index (χ2n) is 10.1. The number of methoxy groups -OCH3 is 1. The second kappa shape index (κ2) is 8.87. The van der Waals surface area contributed by atoms with E-state index in [4.69, 9.17) is 9.72 Å². The van der Waals surface area contributed by atoms with Crippen LogP contribution in [-0.2, 0) is 4.74 Å². The van der Waals surface area contributed by atoms with Gasteiger partial charge >= 0.3 is 10.2 Å². The third-order valence-corrected chi connectivity index (χ3v) is 8.82. The van der Waals surface area contributed by atoms with Gasteiger partial charge in [0.2, 0.25) is 0 Å². The molecule has 5 rings (SSSR count). The van der Waals surface area contributed by atoms with Gasteiger partial charge in [-0.3, -0.25) is 4.79 Å². The Bertz CT molecular complexity index is 1350. The number of rotatable bonds is 5. The van der Waals surface area contributed by atoms with E-state index in [2.05, 4.69) is 9.97 Å². The molecular weight excluding hydrogens is 534 g/mol. The lowest BCUT2D eigenvalue weighted by Crippen LogP contribution is -2.38. The number of aromatic nitrogens is 3. The molecule has 1 saturated heterocycles. The van der Waals surface area contributed by atoms with Gasteiger partial charge in [0.25, 0.3) is 5.91 Å². The highest BCUT2D eigenvalue weighted by Crippen LogP contribution is 3.02. The Labute approximate surface area is 215 Å². The van der Waals surface area contributed by atoms with E-state index >= 15 is 4.39 Å². The number of ether oxygens (including phenoxy) is 1. The standard InChI is InChI=1S/C25H28F6N4O2S/c1-37-18-6-2-16(3-7-18)23-33-22-21(20(26)14-32-24(22)34-23)15-10-12-35(13-11-15)25(36)17-4-8-19(9-5-17)38(27,28,29,30)31/h4-5,8-9,14-16,18H,2-3,6-7,10-13H2,1H3,(H,32,33,34)/t16-,18+. The van der Waals surface area contributed by atoms with Crippen LogP contribution in [0.15, 0.2) is 35.4 Å². The fraction of sp³-hybridized carbons (Fsp3) is 0.480. The summed E-state index contributed by atoms with van der Waals surface area (Å²) in [5.41, 5.74) is 1.31. The molecule has 2 aromatic heterocycles. The summed E-state index contributed by atoms with van der Waals surface area (Å²) in [5, 5.41) is 0. The number of amides is 1. The van der Waals surface area contributed by atoms with Crippen molar-refractivity contribution < 1.29 is 33.4 Å². The summed E-state index contributed by atoms with van der Waals surface area (Å²) in [6, 6.07) is 2.00. The molecule has 1 N–H and O–H groups in total. The normalized spacial score (nSPS) is 23.3. The topological polar surface area (TPSA) is 71.1 Å². The number of fused-ring (bicyclic) bond motifs is 1. The summed E-state index contributed by atoms with van der Waals surface area (Å²) in [6.45, 7) is 0.461. The lowest BCUT2D eigenvalue weighted by Gasteiger charge is -2.40. The first-order valence-corrected chi connectivity index (χ1v) is 14.4. The van der Waals surface area contributed by atoms with Crippen LogP contribution < -0.4 is 0 Å². The number of nitrogens with zero attached hydrogens (tertiary/aromatic N) is 3. The number of halogens is 6. The summed E-state index contributed by atoms with van der Waals surface area (Å²) in [4.78, 5) is 24.4. The van der Waals surface area contributed by atoms with Gasteiger partial charge in [-0.2, -0.15) is 0 Å². The third-order valence-electron chi connectivity index (χ3n) is 7.65. The summed E-state index contributed by atoms with van der Waals surface area (Å²) in [7, 11) is -8.11. The van der Waals surface area contributed by atoms with Crippen molar-refractivity contribution in [1.29, 1.82) is 0 Å². The van der Waals surface area contributed by atoms with Crippen molar-refractivity contribution in [3.05, 3.63) is 53.2 Å². The Balaban J connectivity index is 1.29. The quantitative estimate of drug-likeness (QED) is 0.328. The minimum atomic E-state index is -9.81. The van der Waals surface area contributed by atoms with E-state index < -0.39 is 26.8 Å². The first kappa shape index (κ1) is 26.8. The molecule has 2 fully saturated rings. The number of piperidine rings is 1. The van der Waals surface area contributed by atoms with Gasteiger partial charge in [-0.25, -0.2) is 14.4 Å². The van der Waals surface area contributed by atoms with E-state index in [9.17, 15) is 24.2 Å². The molecule has 208 valence electrons. The zero-order valence-corrected chi connectivity index (χ0v) is 21.4. The first-order chi connectivity index (χ1) is 17.7. The predicted octanol–water partition coefficient (Wildman–Crippen LogP) is 7.45. The molecule has 0 bridgehead atoms. The highest BCUT2D eigenvalue weighted by Gasteiger charge is 2.65. The van der Waals surface area contributed by atoms with E-state index in [1.807, 2.05) is 0 Å². The number of carbonyl (C=O) groups excluding carboxylic acids is 1. The molecule has 38 heavy (non-hydrogen) atoms. The number of hydrogen-bond acceptors (Lipinski definition) is 4. The van der Waals surface area contributed by atoms with Gasteiger partial charge in [-0.05, 0) is 68.7 Å². The lowest BCUT2D eigenvalue weighted by molar-refractivity contribution is 0.0652. The molecule has 1 aromatic carbocycles. The molecule has 3 aromatic rings. The number of imidazole rings is 1. The van der Waals surface area contributed by atoms with Gasteiger partial charge in [0.05, 0.1) is 12.3 Å². The highest BCUT2D eigenvalue weighted by atomic mass is 32.5. The Morgan fingerprint density at radius 2 is 1.61 bits per heavy atom. The second-order valence-corrected chi connectivity index (χ2v) is 12.5. The van der Waals surface area contributed by atoms with Crippen LogP contribution in [0.2, 0.25) is 0 Å². The summed E-state index contributed by atoms with van der Waals surface area (Å²) < 4.78 is 85.3. The van der Waals surface area contributed by atoms with Crippen molar-refractivity contribution in [3.8, 4) is 0 Å². The smallest absolute Gasteiger partial charge is 0.310 e. The highest BCUT2D eigenvalue weighted by molar-refractivity contribution is 8.45. The van der Waals surface area contributed by atoms with Gasteiger partial charge in [0, 0.05) is 37.2 Å². The predicted molar refractivity (Wildman–Crippen MR) is 132 cm³/mol. The van der Waals surface area contributed by atoms with E-state index in [1.54, 1.807) is 7.11 Å². The molecule has 1 aliphatic carbocycles. The fourth-order valence-electron chi connectivity index (χ4n) is 5.53. The third kappa shape index (κ3) is 5.35. The molecule has 0 unspecified atom stereocenters. The molecule has 1 saturated carbocycles. The summed E-state index contributed by atoms with van der Waals surface area (Å²) in [6.07, 6.45) is 5.86. The zero-order valence-electron chi connectivity index (χ0n) is 20.6. The Morgan fingerprint density at radius 1 is 0.974 bits per heavy atom. The number of aromatic amines is 1. The van der Waals surface area contributed by atoms with E-state index in [0.29, 0.717) is 29.6 Å². The summed E-state index contributed by atoms with van der Waals surface area (Å²) in [5.74, 6) is -0.297. The summed E-state index contributed by atoms with van der Waals surface area (Å²) >= 11 is 0. The monoisotopic (exact) mass is 562 g/mol. The number of hydrogen-bond donors (Lipinski definition) is 1. The molecule has 0 radical (unpaired) electrons. The fourth-order valence-corrected chi connectivity index (χ4v) is 6.18. The first-order valence-electron chi connectivity index (χ1n) is 12.4. The minimum Gasteiger partial charge on any atom is -0.381 e.